The summed E-state index contributed by atoms with van der Waals surface area (Å²) in [6.07, 6.45) is 3.36. The number of hydrogen-bond donors (Lipinski definition) is 1. The minimum atomic E-state index is -0.00343. The SMILES string of the molecule is Cn1c(CO)cnc1SCc1coc(-c2cccs2)n1. The highest BCUT2D eigenvalue weighted by Crippen LogP contribution is 2.26. The van der Waals surface area contributed by atoms with Gasteiger partial charge in [0.1, 0.15) is 6.26 Å². The first-order valence-corrected chi connectivity index (χ1v) is 7.87. The average Bonchev–Trinajstić information content (AvgIpc) is 3.17. The Morgan fingerprint density at radius 3 is 3.10 bits per heavy atom. The molecule has 0 fully saturated rings. The topological polar surface area (TPSA) is 64.1 Å². The van der Waals surface area contributed by atoms with Crippen LogP contribution in [-0.2, 0) is 19.4 Å². The van der Waals surface area contributed by atoms with E-state index >= 15 is 0 Å². The van der Waals surface area contributed by atoms with Crippen LogP contribution in [0.3, 0.4) is 0 Å². The van der Waals surface area contributed by atoms with Crippen LogP contribution < -0.4 is 0 Å². The van der Waals surface area contributed by atoms with Gasteiger partial charge in [0.25, 0.3) is 0 Å². The Bertz CT molecular complexity index is 688. The fourth-order valence-electron chi connectivity index (χ4n) is 1.73. The van der Waals surface area contributed by atoms with E-state index in [1.807, 2.05) is 29.1 Å². The largest absolute Gasteiger partial charge is 0.444 e. The van der Waals surface area contributed by atoms with Crippen molar-refractivity contribution in [1.82, 2.24) is 14.5 Å². The summed E-state index contributed by atoms with van der Waals surface area (Å²) in [7, 11) is 1.89. The lowest BCUT2D eigenvalue weighted by Crippen LogP contribution is -1.97. The van der Waals surface area contributed by atoms with E-state index in [2.05, 4.69) is 9.97 Å². The Hall–Kier alpha value is -1.57. The number of imidazole rings is 1. The lowest BCUT2D eigenvalue weighted by Gasteiger charge is -2.01. The van der Waals surface area contributed by atoms with E-state index in [4.69, 9.17) is 9.52 Å². The van der Waals surface area contributed by atoms with Crippen LogP contribution in [0.25, 0.3) is 10.8 Å². The molecule has 3 rings (SSSR count). The number of aliphatic hydroxyl groups is 1. The summed E-state index contributed by atoms with van der Waals surface area (Å²) in [6.45, 7) is -0.00343. The normalized spacial score (nSPS) is 11.1. The highest BCUT2D eigenvalue weighted by molar-refractivity contribution is 7.98. The fraction of sp³-hybridized carbons (Fsp3) is 0.231. The minimum absolute atomic E-state index is 0.00343. The van der Waals surface area contributed by atoms with Crippen molar-refractivity contribution < 1.29 is 9.52 Å². The number of nitrogens with zero attached hydrogens (tertiary/aromatic N) is 3. The Balaban J connectivity index is 1.68. The van der Waals surface area contributed by atoms with Crippen LogP contribution in [0.4, 0.5) is 0 Å². The molecule has 0 aliphatic carbocycles. The number of oxazole rings is 1. The van der Waals surface area contributed by atoms with Crippen molar-refractivity contribution in [3.05, 3.63) is 41.4 Å². The third-order valence-corrected chi connectivity index (χ3v) is 4.77. The van der Waals surface area contributed by atoms with E-state index in [9.17, 15) is 0 Å². The summed E-state index contributed by atoms with van der Waals surface area (Å²) in [4.78, 5) is 9.76. The molecule has 20 heavy (non-hydrogen) atoms. The molecule has 0 unspecified atom stereocenters. The molecule has 1 N–H and O–H groups in total. The van der Waals surface area contributed by atoms with Gasteiger partial charge in [0, 0.05) is 12.8 Å². The smallest absolute Gasteiger partial charge is 0.236 e. The summed E-state index contributed by atoms with van der Waals surface area (Å²) in [5, 5.41) is 12.0. The summed E-state index contributed by atoms with van der Waals surface area (Å²) >= 11 is 3.17. The van der Waals surface area contributed by atoms with E-state index in [1.165, 1.54) is 0 Å². The third-order valence-electron chi connectivity index (χ3n) is 2.84. The van der Waals surface area contributed by atoms with Gasteiger partial charge in [-0.15, -0.1) is 11.3 Å². The molecule has 0 aliphatic heterocycles. The highest BCUT2D eigenvalue weighted by Gasteiger charge is 2.10. The minimum Gasteiger partial charge on any atom is -0.444 e. The van der Waals surface area contributed by atoms with Gasteiger partial charge in [0.05, 0.1) is 29.1 Å². The van der Waals surface area contributed by atoms with Crippen LogP contribution in [0.2, 0.25) is 0 Å². The number of aromatic nitrogens is 3. The van der Waals surface area contributed by atoms with Crippen molar-refractivity contribution >= 4 is 23.1 Å². The second kappa shape index (κ2) is 5.82. The summed E-state index contributed by atoms with van der Waals surface area (Å²) in [6, 6.07) is 3.96. The number of aliphatic hydroxyl groups excluding tert-OH is 1. The molecule has 0 aliphatic rings. The zero-order valence-corrected chi connectivity index (χ0v) is 12.4. The van der Waals surface area contributed by atoms with Gasteiger partial charge in [-0.05, 0) is 11.4 Å². The van der Waals surface area contributed by atoms with Gasteiger partial charge >= 0.3 is 0 Å². The molecule has 3 aromatic rings. The fourth-order valence-corrected chi connectivity index (χ4v) is 3.24. The molecule has 0 atom stereocenters. The second-order valence-electron chi connectivity index (χ2n) is 4.16. The maximum atomic E-state index is 9.13. The molecule has 3 heterocycles. The van der Waals surface area contributed by atoms with Crippen LogP contribution >= 0.6 is 23.1 Å². The van der Waals surface area contributed by atoms with Gasteiger partial charge in [-0.2, -0.15) is 0 Å². The van der Waals surface area contributed by atoms with E-state index in [1.54, 1.807) is 35.6 Å². The predicted octanol–water partition coefficient (Wildman–Crippen LogP) is 2.92. The van der Waals surface area contributed by atoms with Crippen LogP contribution in [0, 0.1) is 0 Å². The molecule has 0 aromatic carbocycles. The van der Waals surface area contributed by atoms with Gasteiger partial charge in [-0.3, -0.25) is 0 Å². The van der Waals surface area contributed by atoms with Gasteiger partial charge in [-0.25, -0.2) is 9.97 Å². The molecule has 3 aromatic heterocycles. The Morgan fingerprint density at radius 2 is 2.40 bits per heavy atom. The van der Waals surface area contributed by atoms with E-state index in [-0.39, 0.29) is 6.61 Å². The zero-order chi connectivity index (χ0) is 13.9. The van der Waals surface area contributed by atoms with Crippen LogP contribution in [0.15, 0.2) is 39.5 Å². The van der Waals surface area contributed by atoms with Crippen molar-refractivity contribution in [2.75, 3.05) is 0 Å². The molecule has 0 spiro atoms. The van der Waals surface area contributed by atoms with E-state index < -0.39 is 0 Å². The first-order chi connectivity index (χ1) is 9.78. The molecule has 0 amide bonds. The van der Waals surface area contributed by atoms with Gasteiger partial charge in [-0.1, -0.05) is 17.8 Å². The molecule has 0 radical (unpaired) electrons. The zero-order valence-electron chi connectivity index (χ0n) is 10.8. The lowest BCUT2D eigenvalue weighted by atomic mass is 10.5. The number of thioether (sulfide) groups is 1. The van der Waals surface area contributed by atoms with E-state index in [0.717, 1.165) is 21.4 Å². The maximum absolute atomic E-state index is 9.13. The molecular formula is C13H13N3O2S2. The van der Waals surface area contributed by atoms with Crippen molar-refractivity contribution in [2.45, 2.75) is 17.5 Å². The van der Waals surface area contributed by atoms with Gasteiger partial charge in [0.15, 0.2) is 5.16 Å². The number of hydrogen-bond acceptors (Lipinski definition) is 6. The number of thiophene rings is 1. The average molecular weight is 307 g/mol. The number of rotatable bonds is 5. The second-order valence-corrected chi connectivity index (χ2v) is 6.05. The molecule has 5 nitrogen and oxygen atoms in total. The standard InChI is InChI=1S/C13H13N3O2S2/c1-16-10(6-17)5-14-13(16)20-8-9-7-18-12(15-9)11-3-2-4-19-11/h2-5,7,17H,6,8H2,1H3. The Labute approximate surface area is 124 Å². The quantitative estimate of drug-likeness (QED) is 0.734. The van der Waals surface area contributed by atoms with Crippen molar-refractivity contribution in [3.63, 3.8) is 0 Å². The maximum Gasteiger partial charge on any atom is 0.236 e. The first-order valence-electron chi connectivity index (χ1n) is 6.00. The molecule has 0 bridgehead atoms. The third kappa shape index (κ3) is 2.65. The first kappa shape index (κ1) is 13.4. The molecule has 7 heteroatoms. The van der Waals surface area contributed by atoms with Crippen LogP contribution in [-0.4, -0.2) is 19.6 Å². The van der Waals surface area contributed by atoms with Gasteiger partial charge < -0.3 is 14.1 Å². The molecule has 104 valence electrons. The molecular weight excluding hydrogens is 294 g/mol. The van der Waals surface area contributed by atoms with Crippen molar-refractivity contribution in [2.24, 2.45) is 7.05 Å². The lowest BCUT2D eigenvalue weighted by molar-refractivity contribution is 0.271. The highest BCUT2D eigenvalue weighted by atomic mass is 32.2. The summed E-state index contributed by atoms with van der Waals surface area (Å²) in [5.74, 6) is 1.34. The Morgan fingerprint density at radius 1 is 1.50 bits per heavy atom. The monoisotopic (exact) mass is 307 g/mol. The molecule has 0 saturated carbocycles. The Kier molecular flexibility index (Phi) is 3.90. The molecule has 0 saturated heterocycles. The summed E-state index contributed by atoms with van der Waals surface area (Å²) < 4.78 is 7.35. The van der Waals surface area contributed by atoms with Crippen LogP contribution in [0.5, 0.6) is 0 Å². The van der Waals surface area contributed by atoms with Crippen molar-refractivity contribution in [3.8, 4) is 10.8 Å². The predicted molar refractivity (Wildman–Crippen MR) is 78.5 cm³/mol. The van der Waals surface area contributed by atoms with Gasteiger partial charge in [0.2, 0.25) is 5.89 Å². The van der Waals surface area contributed by atoms with E-state index in [0.29, 0.717) is 11.6 Å². The van der Waals surface area contributed by atoms with Crippen LogP contribution in [0.1, 0.15) is 11.4 Å². The summed E-state index contributed by atoms with van der Waals surface area (Å²) in [5.41, 5.74) is 1.68. The van der Waals surface area contributed by atoms with Crippen molar-refractivity contribution in [1.29, 1.82) is 0 Å².